The summed E-state index contributed by atoms with van der Waals surface area (Å²) in [4.78, 5) is 0. The summed E-state index contributed by atoms with van der Waals surface area (Å²) >= 11 is 0. The van der Waals surface area contributed by atoms with Crippen molar-refractivity contribution >= 4 is 0 Å². The largest absolute Gasteiger partial charge is 0.0628 e. The molecule has 0 amide bonds. The minimum absolute atomic E-state index is 0.879. The summed E-state index contributed by atoms with van der Waals surface area (Å²) in [6.07, 6.45) is 10.7. The molecule has 0 atom stereocenters. The second-order valence-electron chi connectivity index (χ2n) is 4.94. The molecule has 0 bridgehead atoms. The summed E-state index contributed by atoms with van der Waals surface area (Å²) in [5.74, 6) is 1.76. The van der Waals surface area contributed by atoms with Crippen molar-refractivity contribution in [1.82, 2.24) is 0 Å². The molecule has 0 fully saturated rings. The van der Waals surface area contributed by atoms with Gasteiger partial charge in [0.1, 0.15) is 0 Å². The lowest BCUT2D eigenvalue weighted by molar-refractivity contribution is 0.529. The molecule has 0 N–H and O–H groups in total. The van der Waals surface area contributed by atoms with Gasteiger partial charge in [-0.1, -0.05) is 66.2 Å². The van der Waals surface area contributed by atoms with Gasteiger partial charge in [0.25, 0.3) is 0 Å². The molecule has 0 aliphatic rings. The SMILES string of the molecule is CC(C)CCC[CH]CCCC(C)C. The van der Waals surface area contributed by atoms with Crippen molar-refractivity contribution in [3.63, 3.8) is 0 Å². The van der Waals surface area contributed by atoms with Crippen LogP contribution in [0, 0.1) is 18.3 Å². The molecule has 0 nitrogen and oxygen atoms in total. The number of rotatable bonds is 8. The van der Waals surface area contributed by atoms with Crippen LogP contribution in [-0.2, 0) is 0 Å². The third-order valence-electron chi connectivity index (χ3n) is 2.38. The second kappa shape index (κ2) is 8.59. The number of unbranched alkanes of at least 4 members (excludes halogenated alkanes) is 4. The van der Waals surface area contributed by atoms with Gasteiger partial charge in [-0.2, -0.15) is 0 Å². The molecule has 0 heterocycles. The Bertz CT molecular complexity index is 80.2. The van der Waals surface area contributed by atoms with Gasteiger partial charge in [-0.05, 0) is 18.3 Å². The Hall–Kier alpha value is 0. The Morgan fingerprint density at radius 3 is 1.46 bits per heavy atom. The van der Waals surface area contributed by atoms with Crippen molar-refractivity contribution in [1.29, 1.82) is 0 Å². The summed E-state index contributed by atoms with van der Waals surface area (Å²) in [6.45, 7) is 9.22. The normalized spacial score (nSPS) is 11.5. The molecule has 0 aliphatic carbocycles. The van der Waals surface area contributed by atoms with Crippen LogP contribution in [0.2, 0.25) is 0 Å². The van der Waals surface area contributed by atoms with E-state index in [-0.39, 0.29) is 0 Å². The molecular formula is C13H27. The fourth-order valence-corrected chi connectivity index (χ4v) is 1.49. The molecule has 0 heteroatoms. The molecule has 0 saturated heterocycles. The van der Waals surface area contributed by atoms with E-state index in [0.717, 1.165) is 11.8 Å². The number of hydrogen-bond acceptors (Lipinski definition) is 0. The highest BCUT2D eigenvalue weighted by Crippen LogP contribution is 2.12. The minimum atomic E-state index is 0.879. The van der Waals surface area contributed by atoms with Gasteiger partial charge in [0.15, 0.2) is 0 Å². The van der Waals surface area contributed by atoms with Gasteiger partial charge < -0.3 is 0 Å². The average molecular weight is 183 g/mol. The summed E-state index contributed by atoms with van der Waals surface area (Å²) in [7, 11) is 0. The molecule has 0 aromatic heterocycles. The van der Waals surface area contributed by atoms with Gasteiger partial charge in [-0.15, -0.1) is 0 Å². The van der Waals surface area contributed by atoms with Crippen molar-refractivity contribution in [2.24, 2.45) is 11.8 Å². The van der Waals surface area contributed by atoms with Crippen LogP contribution in [0.25, 0.3) is 0 Å². The van der Waals surface area contributed by atoms with Crippen molar-refractivity contribution in [2.45, 2.75) is 66.2 Å². The zero-order valence-electron chi connectivity index (χ0n) is 9.97. The van der Waals surface area contributed by atoms with Crippen molar-refractivity contribution in [2.75, 3.05) is 0 Å². The minimum Gasteiger partial charge on any atom is -0.0628 e. The third kappa shape index (κ3) is 12.0. The fourth-order valence-electron chi connectivity index (χ4n) is 1.49. The molecule has 79 valence electrons. The Balaban J connectivity index is 2.92. The van der Waals surface area contributed by atoms with Gasteiger partial charge in [0.05, 0.1) is 0 Å². The molecule has 0 unspecified atom stereocenters. The van der Waals surface area contributed by atoms with Crippen LogP contribution in [0.15, 0.2) is 0 Å². The van der Waals surface area contributed by atoms with E-state index in [1.54, 1.807) is 0 Å². The molecule has 1 radical (unpaired) electrons. The zero-order chi connectivity index (χ0) is 10.1. The van der Waals surface area contributed by atoms with Crippen molar-refractivity contribution in [3.05, 3.63) is 6.42 Å². The van der Waals surface area contributed by atoms with E-state index >= 15 is 0 Å². The van der Waals surface area contributed by atoms with E-state index in [1.807, 2.05) is 0 Å². The summed E-state index contributed by atoms with van der Waals surface area (Å²) in [5, 5.41) is 0. The Morgan fingerprint density at radius 1 is 0.769 bits per heavy atom. The van der Waals surface area contributed by atoms with Gasteiger partial charge in [0, 0.05) is 0 Å². The number of hydrogen-bond donors (Lipinski definition) is 0. The quantitative estimate of drug-likeness (QED) is 0.472. The first-order chi connectivity index (χ1) is 6.13. The maximum atomic E-state index is 2.48. The van der Waals surface area contributed by atoms with Gasteiger partial charge in [-0.3, -0.25) is 0 Å². The highest BCUT2D eigenvalue weighted by atomic mass is 14.0. The molecule has 0 aromatic carbocycles. The Labute approximate surface area is 85.1 Å². The highest BCUT2D eigenvalue weighted by molar-refractivity contribution is 4.65. The highest BCUT2D eigenvalue weighted by Gasteiger charge is 1.96. The molecule has 0 aliphatic heterocycles. The fraction of sp³-hybridized carbons (Fsp3) is 0.923. The topological polar surface area (TPSA) is 0 Å². The Kier molecular flexibility index (Phi) is 8.59. The molecule has 0 rings (SSSR count). The lowest BCUT2D eigenvalue weighted by atomic mass is 10.0. The molecule has 13 heavy (non-hydrogen) atoms. The first-order valence-corrected chi connectivity index (χ1v) is 5.94. The van der Waals surface area contributed by atoms with Crippen molar-refractivity contribution in [3.8, 4) is 0 Å². The average Bonchev–Trinajstić information content (AvgIpc) is 2.01. The van der Waals surface area contributed by atoms with Crippen LogP contribution < -0.4 is 0 Å². The lowest BCUT2D eigenvalue weighted by Crippen LogP contribution is -1.89. The summed E-state index contributed by atoms with van der Waals surface area (Å²) < 4.78 is 0. The van der Waals surface area contributed by atoms with Gasteiger partial charge in [-0.25, -0.2) is 0 Å². The van der Waals surface area contributed by atoms with E-state index < -0.39 is 0 Å². The van der Waals surface area contributed by atoms with E-state index in [2.05, 4.69) is 34.1 Å². The molecular weight excluding hydrogens is 156 g/mol. The van der Waals surface area contributed by atoms with Gasteiger partial charge in [0.2, 0.25) is 0 Å². The summed E-state index contributed by atoms with van der Waals surface area (Å²) in [5.41, 5.74) is 0. The monoisotopic (exact) mass is 183 g/mol. The molecule has 0 saturated carbocycles. The van der Waals surface area contributed by atoms with Crippen LogP contribution in [0.4, 0.5) is 0 Å². The van der Waals surface area contributed by atoms with Crippen LogP contribution in [0.3, 0.4) is 0 Å². The van der Waals surface area contributed by atoms with Crippen LogP contribution >= 0.6 is 0 Å². The standard InChI is InChI=1S/C13H27/c1-12(2)10-8-6-5-7-9-11-13(3)4/h5,12-13H,6-11H2,1-4H3. The van der Waals surface area contributed by atoms with E-state index in [4.69, 9.17) is 0 Å². The van der Waals surface area contributed by atoms with E-state index in [1.165, 1.54) is 38.5 Å². The first kappa shape index (κ1) is 13.0. The lowest BCUT2D eigenvalue weighted by Gasteiger charge is -2.05. The first-order valence-electron chi connectivity index (χ1n) is 5.94. The van der Waals surface area contributed by atoms with E-state index in [0.29, 0.717) is 0 Å². The van der Waals surface area contributed by atoms with E-state index in [9.17, 15) is 0 Å². The molecule has 0 aromatic rings. The molecule has 0 spiro atoms. The third-order valence-corrected chi connectivity index (χ3v) is 2.38. The zero-order valence-corrected chi connectivity index (χ0v) is 9.97. The predicted molar refractivity (Wildman–Crippen MR) is 61.7 cm³/mol. The van der Waals surface area contributed by atoms with Crippen LogP contribution in [0.1, 0.15) is 66.2 Å². The predicted octanol–water partition coefficient (Wildman–Crippen LogP) is 4.84. The second-order valence-corrected chi connectivity index (χ2v) is 4.94. The summed E-state index contributed by atoms with van der Waals surface area (Å²) in [6, 6.07) is 0. The maximum Gasteiger partial charge on any atom is -0.0386 e. The maximum absolute atomic E-state index is 2.48. The smallest absolute Gasteiger partial charge is 0.0386 e. The van der Waals surface area contributed by atoms with Gasteiger partial charge >= 0.3 is 0 Å². The van der Waals surface area contributed by atoms with Crippen LogP contribution in [0.5, 0.6) is 0 Å². The van der Waals surface area contributed by atoms with Crippen LogP contribution in [-0.4, -0.2) is 0 Å². The Morgan fingerprint density at radius 2 is 1.15 bits per heavy atom. The van der Waals surface area contributed by atoms with Crippen molar-refractivity contribution < 1.29 is 0 Å².